The van der Waals surface area contributed by atoms with Crippen molar-refractivity contribution in [2.45, 2.75) is 30.2 Å². The van der Waals surface area contributed by atoms with Gasteiger partial charge < -0.3 is 9.64 Å². The minimum absolute atomic E-state index is 0.0771. The van der Waals surface area contributed by atoms with Crippen LogP contribution in [0.4, 0.5) is 4.39 Å². The van der Waals surface area contributed by atoms with Crippen molar-refractivity contribution in [1.29, 1.82) is 0 Å². The van der Waals surface area contributed by atoms with Crippen LogP contribution in [0.25, 0.3) is 0 Å². The fraction of sp³-hybridized carbons (Fsp3) is 0.467. The number of methoxy groups -OCH3 is 1. The molecule has 4 nitrogen and oxygen atoms in total. The van der Waals surface area contributed by atoms with Crippen molar-refractivity contribution >= 4 is 23.6 Å². The third-order valence-electron chi connectivity index (χ3n) is 3.46. The quantitative estimate of drug-likeness (QED) is 0.619. The van der Waals surface area contributed by atoms with Crippen molar-refractivity contribution in [3.63, 3.8) is 0 Å². The van der Waals surface area contributed by atoms with Gasteiger partial charge in [0.25, 0.3) is 0 Å². The Morgan fingerprint density at radius 3 is 2.90 bits per heavy atom. The van der Waals surface area contributed by atoms with Crippen molar-refractivity contribution in [2.24, 2.45) is 0 Å². The Labute approximate surface area is 127 Å². The van der Waals surface area contributed by atoms with Crippen molar-refractivity contribution in [3.05, 3.63) is 30.1 Å². The van der Waals surface area contributed by atoms with Crippen LogP contribution >= 0.6 is 11.8 Å². The molecule has 0 spiro atoms. The van der Waals surface area contributed by atoms with Crippen molar-refractivity contribution in [1.82, 2.24) is 4.90 Å². The molecule has 1 aromatic carbocycles. The van der Waals surface area contributed by atoms with Crippen LogP contribution in [0.5, 0.6) is 0 Å². The van der Waals surface area contributed by atoms with E-state index < -0.39 is 6.04 Å². The van der Waals surface area contributed by atoms with Gasteiger partial charge in [-0.2, -0.15) is 0 Å². The Kier molecular flexibility index (Phi) is 5.61. The van der Waals surface area contributed by atoms with Crippen molar-refractivity contribution in [3.8, 4) is 0 Å². The first-order valence-corrected chi connectivity index (χ1v) is 7.86. The monoisotopic (exact) mass is 311 g/mol. The van der Waals surface area contributed by atoms with Crippen LogP contribution in [0.3, 0.4) is 0 Å². The second kappa shape index (κ2) is 7.45. The van der Waals surface area contributed by atoms with E-state index in [9.17, 15) is 14.0 Å². The average Bonchev–Trinajstić information content (AvgIpc) is 2.98. The fourth-order valence-electron chi connectivity index (χ4n) is 2.40. The number of likely N-dealkylation sites (tertiary alicyclic amines) is 1. The topological polar surface area (TPSA) is 46.6 Å². The molecule has 1 saturated heterocycles. The van der Waals surface area contributed by atoms with E-state index in [1.807, 2.05) is 0 Å². The molecule has 0 bridgehead atoms. The second-order valence-electron chi connectivity index (χ2n) is 4.80. The number of hydrogen-bond acceptors (Lipinski definition) is 4. The summed E-state index contributed by atoms with van der Waals surface area (Å²) in [6.45, 7) is 0.586. The zero-order valence-corrected chi connectivity index (χ0v) is 12.7. The molecule has 1 aliphatic heterocycles. The second-order valence-corrected chi connectivity index (χ2v) is 5.93. The predicted molar refractivity (Wildman–Crippen MR) is 78.5 cm³/mol. The summed E-state index contributed by atoms with van der Waals surface area (Å²) < 4.78 is 18.2. The van der Waals surface area contributed by atoms with E-state index in [1.165, 1.54) is 24.9 Å². The van der Waals surface area contributed by atoms with Gasteiger partial charge in [0, 0.05) is 23.6 Å². The number of rotatable bonds is 5. The van der Waals surface area contributed by atoms with Crippen LogP contribution in [-0.2, 0) is 14.3 Å². The molecule has 1 unspecified atom stereocenters. The summed E-state index contributed by atoms with van der Waals surface area (Å²) >= 11 is 1.31. The summed E-state index contributed by atoms with van der Waals surface area (Å²) in [4.78, 5) is 25.9. The summed E-state index contributed by atoms with van der Waals surface area (Å²) in [7, 11) is 1.33. The van der Waals surface area contributed by atoms with E-state index in [0.29, 0.717) is 23.6 Å². The molecule has 1 amide bonds. The molecule has 6 heteroatoms. The number of thioether (sulfide) groups is 1. The van der Waals surface area contributed by atoms with E-state index in [-0.39, 0.29) is 24.1 Å². The van der Waals surface area contributed by atoms with E-state index in [4.69, 9.17) is 4.74 Å². The first-order chi connectivity index (χ1) is 10.1. The first-order valence-electron chi connectivity index (χ1n) is 6.88. The molecule has 114 valence electrons. The molecule has 1 atom stereocenters. The third-order valence-corrected chi connectivity index (χ3v) is 4.51. The Bertz CT molecular complexity index is 523. The summed E-state index contributed by atoms with van der Waals surface area (Å²) in [5.41, 5.74) is 0. The lowest BCUT2D eigenvalue weighted by atomic mass is 10.2. The van der Waals surface area contributed by atoms with Crippen LogP contribution in [0.1, 0.15) is 19.3 Å². The SMILES string of the molecule is COC(=O)C1CCCN1C(=O)CCSc1ccccc1F. The van der Waals surface area contributed by atoms with Gasteiger partial charge >= 0.3 is 5.97 Å². The zero-order chi connectivity index (χ0) is 15.2. The Morgan fingerprint density at radius 1 is 1.43 bits per heavy atom. The zero-order valence-electron chi connectivity index (χ0n) is 11.9. The van der Waals surface area contributed by atoms with Crippen LogP contribution < -0.4 is 0 Å². The number of esters is 1. The maximum Gasteiger partial charge on any atom is 0.328 e. The van der Waals surface area contributed by atoms with Crippen LogP contribution in [-0.4, -0.2) is 42.2 Å². The molecular weight excluding hydrogens is 293 g/mol. The Hall–Kier alpha value is -1.56. The van der Waals surface area contributed by atoms with Gasteiger partial charge in [0.1, 0.15) is 11.9 Å². The molecule has 2 rings (SSSR count). The molecule has 1 heterocycles. The van der Waals surface area contributed by atoms with Crippen molar-refractivity contribution in [2.75, 3.05) is 19.4 Å². The standard InChI is InChI=1S/C15H18FNO3S/c1-20-15(19)12-6-4-9-17(12)14(18)8-10-21-13-7-3-2-5-11(13)16/h2-3,5,7,12H,4,6,8-10H2,1H3. The van der Waals surface area contributed by atoms with Gasteiger partial charge in [0.2, 0.25) is 5.91 Å². The van der Waals surface area contributed by atoms with Gasteiger partial charge in [-0.05, 0) is 25.0 Å². The van der Waals surface area contributed by atoms with E-state index in [2.05, 4.69) is 0 Å². The summed E-state index contributed by atoms with van der Waals surface area (Å²) in [5.74, 6) is -0.220. The van der Waals surface area contributed by atoms with Crippen LogP contribution in [0.15, 0.2) is 29.2 Å². The number of hydrogen-bond donors (Lipinski definition) is 0. The summed E-state index contributed by atoms with van der Waals surface area (Å²) in [5, 5.41) is 0. The smallest absolute Gasteiger partial charge is 0.328 e. The number of carbonyl (C=O) groups is 2. The number of benzene rings is 1. The summed E-state index contributed by atoms with van der Waals surface area (Å²) in [6.07, 6.45) is 1.75. The van der Waals surface area contributed by atoms with Crippen LogP contribution in [0.2, 0.25) is 0 Å². The maximum absolute atomic E-state index is 13.5. The molecule has 0 aliphatic carbocycles. The van der Waals surface area contributed by atoms with Crippen LogP contribution in [0, 0.1) is 5.82 Å². The van der Waals surface area contributed by atoms with Gasteiger partial charge in [-0.3, -0.25) is 4.79 Å². The highest BCUT2D eigenvalue weighted by molar-refractivity contribution is 7.99. The number of carbonyl (C=O) groups excluding carboxylic acids is 2. The van der Waals surface area contributed by atoms with Gasteiger partial charge in [-0.1, -0.05) is 12.1 Å². The molecule has 1 fully saturated rings. The highest BCUT2D eigenvalue weighted by Crippen LogP contribution is 2.24. The minimum Gasteiger partial charge on any atom is -0.467 e. The molecule has 0 N–H and O–H groups in total. The molecule has 0 radical (unpaired) electrons. The van der Waals surface area contributed by atoms with Gasteiger partial charge in [0.15, 0.2) is 0 Å². The maximum atomic E-state index is 13.5. The number of amides is 1. The first kappa shape index (κ1) is 15.8. The third kappa shape index (κ3) is 3.97. The van der Waals surface area contributed by atoms with Gasteiger partial charge in [-0.15, -0.1) is 11.8 Å². The largest absolute Gasteiger partial charge is 0.467 e. The highest BCUT2D eigenvalue weighted by Gasteiger charge is 2.34. The molecule has 1 aromatic rings. The lowest BCUT2D eigenvalue weighted by Crippen LogP contribution is -2.41. The minimum atomic E-state index is -0.457. The van der Waals surface area contributed by atoms with Gasteiger partial charge in [-0.25, -0.2) is 9.18 Å². The van der Waals surface area contributed by atoms with E-state index >= 15 is 0 Å². The Balaban J connectivity index is 1.84. The highest BCUT2D eigenvalue weighted by atomic mass is 32.2. The lowest BCUT2D eigenvalue weighted by Gasteiger charge is -2.22. The summed E-state index contributed by atoms with van der Waals surface area (Å²) in [6, 6.07) is 6.03. The normalized spacial score (nSPS) is 17.8. The number of ether oxygens (including phenoxy) is 1. The molecule has 0 saturated carbocycles. The predicted octanol–water partition coefficient (Wildman–Crippen LogP) is 2.47. The number of nitrogens with zero attached hydrogens (tertiary/aromatic N) is 1. The van der Waals surface area contributed by atoms with Crippen molar-refractivity contribution < 1.29 is 18.7 Å². The molecule has 1 aliphatic rings. The van der Waals surface area contributed by atoms with E-state index in [1.54, 1.807) is 23.1 Å². The van der Waals surface area contributed by atoms with E-state index in [0.717, 1.165) is 6.42 Å². The number of halogens is 1. The Morgan fingerprint density at radius 2 is 2.19 bits per heavy atom. The molecule has 0 aromatic heterocycles. The molecular formula is C15H18FNO3S. The molecule has 21 heavy (non-hydrogen) atoms. The lowest BCUT2D eigenvalue weighted by molar-refractivity contribution is -0.150. The fourth-order valence-corrected chi connectivity index (χ4v) is 3.28. The average molecular weight is 311 g/mol. The van der Waals surface area contributed by atoms with Gasteiger partial charge in [0.05, 0.1) is 7.11 Å².